The third-order valence-electron chi connectivity index (χ3n) is 2.25. The molecule has 0 bridgehead atoms. The van der Waals surface area contributed by atoms with Crippen molar-refractivity contribution >= 4 is 15.9 Å². The number of nitrogens with zero attached hydrogens (tertiary/aromatic N) is 3. The van der Waals surface area contributed by atoms with Gasteiger partial charge in [-0.25, -0.2) is 0 Å². The Hall–Kier alpha value is -1.36. The summed E-state index contributed by atoms with van der Waals surface area (Å²) in [7, 11) is 1.66. The standard InChI is InChI=1S/C11H12BrN3O/c1-8-11(12)14-15(13-8)7-9-3-5-10(16-2)6-4-9/h3-6H,7H2,1-2H3. The molecule has 2 rings (SSSR count). The van der Waals surface area contributed by atoms with Crippen LogP contribution in [0, 0.1) is 6.92 Å². The van der Waals surface area contributed by atoms with Gasteiger partial charge in [-0.15, -0.1) is 5.10 Å². The zero-order chi connectivity index (χ0) is 11.5. The van der Waals surface area contributed by atoms with E-state index in [-0.39, 0.29) is 0 Å². The molecule has 16 heavy (non-hydrogen) atoms. The van der Waals surface area contributed by atoms with Gasteiger partial charge < -0.3 is 4.74 Å². The van der Waals surface area contributed by atoms with E-state index in [9.17, 15) is 0 Å². The Morgan fingerprint density at radius 2 is 1.94 bits per heavy atom. The number of hydrogen-bond acceptors (Lipinski definition) is 3. The highest BCUT2D eigenvalue weighted by molar-refractivity contribution is 9.10. The Bertz CT molecular complexity index is 459. The van der Waals surface area contributed by atoms with Crippen LogP contribution in [0.5, 0.6) is 5.75 Å². The fourth-order valence-corrected chi connectivity index (χ4v) is 1.64. The van der Waals surface area contributed by atoms with Crippen molar-refractivity contribution in [3.8, 4) is 5.75 Å². The number of halogens is 1. The number of ether oxygens (including phenoxy) is 1. The van der Waals surface area contributed by atoms with Gasteiger partial charge in [0.2, 0.25) is 0 Å². The van der Waals surface area contributed by atoms with Gasteiger partial charge in [0.25, 0.3) is 0 Å². The van der Waals surface area contributed by atoms with Crippen molar-refractivity contribution < 1.29 is 4.74 Å². The van der Waals surface area contributed by atoms with Crippen LogP contribution in [-0.4, -0.2) is 22.1 Å². The number of aromatic nitrogens is 3. The minimum absolute atomic E-state index is 0.663. The van der Waals surface area contributed by atoms with Crippen LogP contribution in [0.3, 0.4) is 0 Å². The summed E-state index contributed by atoms with van der Waals surface area (Å²) in [4.78, 5) is 1.67. The van der Waals surface area contributed by atoms with E-state index in [1.54, 1.807) is 11.9 Å². The first-order chi connectivity index (χ1) is 7.69. The molecule has 0 spiro atoms. The lowest BCUT2D eigenvalue weighted by molar-refractivity contribution is 0.414. The van der Waals surface area contributed by atoms with Crippen molar-refractivity contribution in [2.24, 2.45) is 0 Å². The van der Waals surface area contributed by atoms with Crippen LogP contribution in [0.15, 0.2) is 28.9 Å². The largest absolute Gasteiger partial charge is 0.497 e. The van der Waals surface area contributed by atoms with Gasteiger partial charge in [-0.05, 0) is 40.5 Å². The van der Waals surface area contributed by atoms with Crippen molar-refractivity contribution in [3.05, 3.63) is 40.1 Å². The third-order valence-corrected chi connectivity index (χ3v) is 2.98. The van der Waals surface area contributed by atoms with Gasteiger partial charge >= 0.3 is 0 Å². The molecule has 0 N–H and O–H groups in total. The fraction of sp³-hybridized carbons (Fsp3) is 0.273. The van der Waals surface area contributed by atoms with E-state index in [2.05, 4.69) is 26.1 Å². The van der Waals surface area contributed by atoms with E-state index in [1.165, 1.54) is 0 Å². The zero-order valence-corrected chi connectivity index (χ0v) is 10.7. The second-order valence-electron chi connectivity index (χ2n) is 3.45. The molecule has 0 saturated carbocycles. The first-order valence-corrected chi connectivity index (χ1v) is 5.68. The van der Waals surface area contributed by atoms with E-state index < -0.39 is 0 Å². The maximum Gasteiger partial charge on any atom is 0.151 e. The highest BCUT2D eigenvalue weighted by atomic mass is 79.9. The third kappa shape index (κ3) is 2.41. The summed E-state index contributed by atoms with van der Waals surface area (Å²) in [6, 6.07) is 7.87. The molecule has 5 heteroatoms. The topological polar surface area (TPSA) is 39.9 Å². The molecular formula is C11H12BrN3O. The Labute approximate surface area is 102 Å². The average molecular weight is 282 g/mol. The number of hydrogen-bond donors (Lipinski definition) is 0. The van der Waals surface area contributed by atoms with Crippen molar-refractivity contribution in [2.45, 2.75) is 13.5 Å². The average Bonchev–Trinajstić information content (AvgIpc) is 2.59. The second kappa shape index (κ2) is 4.65. The molecule has 0 amide bonds. The monoisotopic (exact) mass is 281 g/mol. The summed E-state index contributed by atoms with van der Waals surface area (Å²) < 4.78 is 5.89. The molecule has 84 valence electrons. The Morgan fingerprint density at radius 3 is 2.44 bits per heavy atom. The lowest BCUT2D eigenvalue weighted by Crippen LogP contribution is -2.03. The Morgan fingerprint density at radius 1 is 1.25 bits per heavy atom. The zero-order valence-electron chi connectivity index (χ0n) is 9.14. The second-order valence-corrected chi connectivity index (χ2v) is 4.21. The summed E-state index contributed by atoms with van der Waals surface area (Å²) in [5.74, 6) is 0.856. The number of aryl methyl sites for hydroxylation is 1. The predicted molar refractivity (Wildman–Crippen MR) is 64.6 cm³/mol. The molecule has 0 aliphatic carbocycles. The maximum absolute atomic E-state index is 5.10. The molecule has 1 heterocycles. The molecule has 0 fully saturated rings. The molecular weight excluding hydrogens is 270 g/mol. The first kappa shape index (κ1) is 11.1. The fourth-order valence-electron chi connectivity index (χ4n) is 1.38. The van der Waals surface area contributed by atoms with Crippen molar-refractivity contribution in [2.75, 3.05) is 7.11 Å². The van der Waals surface area contributed by atoms with Crippen molar-refractivity contribution in [1.82, 2.24) is 15.0 Å². The molecule has 0 aliphatic heterocycles. The van der Waals surface area contributed by atoms with Gasteiger partial charge in [-0.3, -0.25) is 0 Å². The first-order valence-electron chi connectivity index (χ1n) is 4.89. The molecule has 0 unspecified atom stereocenters. The molecule has 0 saturated heterocycles. The quantitative estimate of drug-likeness (QED) is 0.868. The number of methoxy groups -OCH3 is 1. The highest BCUT2D eigenvalue weighted by Gasteiger charge is 2.03. The summed E-state index contributed by atoms with van der Waals surface area (Å²) in [6.45, 7) is 2.58. The molecule has 2 aromatic rings. The summed E-state index contributed by atoms with van der Waals surface area (Å²) in [5.41, 5.74) is 2.04. The smallest absolute Gasteiger partial charge is 0.151 e. The summed E-state index contributed by atoms with van der Waals surface area (Å²) in [5, 5.41) is 8.51. The highest BCUT2D eigenvalue weighted by Crippen LogP contribution is 2.13. The van der Waals surface area contributed by atoms with E-state index in [4.69, 9.17) is 4.74 Å². The van der Waals surface area contributed by atoms with Crippen LogP contribution >= 0.6 is 15.9 Å². The van der Waals surface area contributed by atoms with Crippen LogP contribution in [0.2, 0.25) is 0 Å². The van der Waals surface area contributed by atoms with Crippen molar-refractivity contribution in [3.63, 3.8) is 0 Å². The number of benzene rings is 1. The summed E-state index contributed by atoms with van der Waals surface area (Å²) in [6.07, 6.45) is 0. The maximum atomic E-state index is 5.10. The van der Waals surface area contributed by atoms with Crippen LogP contribution in [-0.2, 0) is 6.54 Å². The van der Waals surface area contributed by atoms with Crippen LogP contribution in [0.4, 0.5) is 0 Å². The lowest BCUT2D eigenvalue weighted by Gasteiger charge is -2.02. The SMILES string of the molecule is COc1ccc(Cn2nc(C)c(Br)n2)cc1. The van der Waals surface area contributed by atoms with Gasteiger partial charge in [0.15, 0.2) is 4.60 Å². The summed E-state index contributed by atoms with van der Waals surface area (Å²) >= 11 is 3.34. The minimum atomic E-state index is 0.663. The van der Waals surface area contributed by atoms with Crippen LogP contribution in [0.1, 0.15) is 11.3 Å². The van der Waals surface area contributed by atoms with E-state index in [0.29, 0.717) is 6.54 Å². The van der Waals surface area contributed by atoms with Crippen molar-refractivity contribution in [1.29, 1.82) is 0 Å². The Kier molecular flexibility index (Phi) is 3.24. The van der Waals surface area contributed by atoms with E-state index in [1.807, 2.05) is 31.2 Å². The minimum Gasteiger partial charge on any atom is -0.497 e. The van der Waals surface area contributed by atoms with Gasteiger partial charge in [0.1, 0.15) is 5.75 Å². The predicted octanol–water partition coefficient (Wildman–Crippen LogP) is 2.41. The van der Waals surface area contributed by atoms with Crippen LogP contribution in [0.25, 0.3) is 0 Å². The van der Waals surface area contributed by atoms with E-state index in [0.717, 1.165) is 21.6 Å². The van der Waals surface area contributed by atoms with Gasteiger partial charge in [0.05, 0.1) is 19.3 Å². The lowest BCUT2D eigenvalue weighted by atomic mass is 10.2. The number of rotatable bonds is 3. The molecule has 1 aromatic carbocycles. The molecule has 0 radical (unpaired) electrons. The van der Waals surface area contributed by atoms with Gasteiger partial charge in [0, 0.05) is 0 Å². The van der Waals surface area contributed by atoms with E-state index >= 15 is 0 Å². The molecule has 0 aliphatic rings. The van der Waals surface area contributed by atoms with Crippen LogP contribution < -0.4 is 4.74 Å². The van der Waals surface area contributed by atoms with Gasteiger partial charge in [-0.1, -0.05) is 12.1 Å². The Balaban J connectivity index is 2.14. The molecule has 1 aromatic heterocycles. The normalized spacial score (nSPS) is 10.4. The van der Waals surface area contributed by atoms with Gasteiger partial charge in [-0.2, -0.15) is 9.90 Å². The molecule has 4 nitrogen and oxygen atoms in total. The molecule has 0 atom stereocenters.